The van der Waals surface area contributed by atoms with Crippen LogP contribution in [0.2, 0.25) is 0 Å². The van der Waals surface area contributed by atoms with E-state index in [9.17, 15) is 0 Å². The van der Waals surface area contributed by atoms with Gasteiger partial charge in [-0.15, -0.1) is 0 Å². The normalized spacial score (nSPS) is 24.1. The van der Waals surface area contributed by atoms with Crippen LogP contribution in [-0.2, 0) is 5.41 Å². The molecule has 0 radical (unpaired) electrons. The van der Waals surface area contributed by atoms with Crippen molar-refractivity contribution in [2.45, 2.75) is 51.9 Å². The van der Waals surface area contributed by atoms with Crippen LogP contribution in [0.3, 0.4) is 0 Å². The molecule has 24 heavy (non-hydrogen) atoms. The van der Waals surface area contributed by atoms with Crippen molar-refractivity contribution in [2.75, 3.05) is 5.73 Å². The highest BCUT2D eigenvalue weighted by molar-refractivity contribution is 5.53. The van der Waals surface area contributed by atoms with E-state index in [0.29, 0.717) is 16.9 Å². The summed E-state index contributed by atoms with van der Waals surface area (Å²) in [5.41, 5.74) is 8.35. The zero-order chi connectivity index (χ0) is 17.2. The summed E-state index contributed by atoms with van der Waals surface area (Å²) in [6, 6.07) is 16.2. The molecule has 2 aromatic rings. The van der Waals surface area contributed by atoms with E-state index >= 15 is 0 Å². The Balaban J connectivity index is 1.69. The van der Waals surface area contributed by atoms with Crippen LogP contribution < -0.4 is 10.5 Å². The number of ether oxygens (including phenoxy) is 1. The first-order valence-corrected chi connectivity index (χ1v) is 9.11. The second kappa shape index (κ2) is 6.88. The van der Waals surface area contributed by atoms with E-state index in [4.69, 9.17) is 10.5 Å². The fraction of sp³-hybridized carbons (Fsp3) is 0.455. The third-order valence-corrected chi connectivity index (χ3v) is 5.77. The lowest BCUT2D eigenvalue weighted by atomic mass is 9.66. The average molecular weight is 323 g/mol. The lowest BCUT2D eigenvalue weighted by molar-refractivity contribution is 0.204. The molecule has 0 heterocycles. The number of para-hydroxylation sites is 2. The van der Waals surface area contributed by atoms with Crippen molar-refractivity contribution in [1.29, 1.82) is 0 Å². The molecule has 0 amide bonds. The lowest BCUT2D eigenvalue weighted by Gasteiger charge is -2.39. The Morgan fingerprint density at radius 1 is 1.00 bits per heavy atom. The Hall–Kier alpha value is -1.96. The Kier molecular flexibility index (Phi) is 4.84. The smallest absolute Gasteiger partial charge is 0.150 e. The molecule has 0 spiro atoms. The highest BCUT2D eigenvalue weighted by Crippen LogP contribution is 2.43. The van der Waals surface area contributed by atoms with Crippen molar-refractivity contribution in [3.05, 3.63) is 54.1 Å². The standard InChI is InChI=1S/C22H29NO/c1-16(2)17-12-14-22(3,15-13-17)18-8-10-19(11-9-18)24-21-7-5-4-6-20(21)23/h4-11,16-17H,12-15,23H2,1-3H3. The summed E-state index contributed by atoms with van der Waals surface area (Å²) in [7, 11) is 0. The van der Waals surface area contributed by atoms with E-state index in [-0.39, 0.29) is 0 Å². The monoisotopic (exact) mass is 323 g/mol. The molecular formula is C22H29NO. The van der Waals surface area contributed by atoms with Crippen LogP contribution in [0.15, 0.2) is 48.5 Å². The Labute approximate surface area is 146 Å². The highest BCUT2D eigenvalue weighted by atomic mass is 16.5. The van der Waals surface area contributed by atoms with Crippen LogP contribution in [0.5, 0.6) is 11.5 Å². The van der Waals surface area contributed by atoms with Gasteiger partial charge >= 0.3 is 0 Å². The summed E-state index contributed by atoms with van der Waals surface area (Å²) in [6.07, 6.45) is 5.24. The van der Waals surface area contributed by atoms with E-state index in [1.165, 1.54) is 31.2 Å². The molecule has 1 fully saturated rings. The van der Waals surface area contributed by atoms with Gasteiger partial charge in [-0.2, -0.15) is 0 Å². The molecule has 2 nitrogen and oxygen atoms in total. The van der Waals surface area contributed by atoms with Crippen LogP contribution in [0.1, 0.15) is 52.0 Å². The molecule has 1 aliphatic rings. The Bertz CT molecular complexity index is 667. The molecule has 0 aliphatic heterocycles. The molecule has 1 saturated carbocycles. The maximum Gasteiger partial charge on any atom is 0.150 e. The van der Waals surface area contributed by atoms with Crippen LogP contribution in [0.25, 0.3) is 0 Å². The van der Waals surface area contributed by atoms with Crippen LogP contribution >= 0.6 is 0 Å². The van der Waals surface area contributed by atoms with Gasteiger partial charge in [-0.25, -0.2) is 0 Å². The topological polar surface area (TPSA) is 35.2 Å². The second-order valence-corrected chi connectivity index (χ2v) is 7.81. The summed E-state index contributed by atoms with van der Waals surface area (Å²) in [4.78, 5) is 0. The molecule has 2 aromatic carbocycles. The fourth-order valence-electron chi connectivity index (χ4n) is 3.86. The maximum absolute atomic E-state index is 5.95. The number of benzene rings is 2. The second-order valence-electron chi connectivity index (χ2n) is 7.81. The maximum atomic E-state index is 5.95. The van der Waals surface area contributed by atoms with Gasteiger partial charge in [-0.3, -0.25) is 0 Å². The third-order valence-electron chi connectivity index (χ3n) is 5.77. The van der Waals surface area contributed by atoms with Gasteiger partial charge in [0.2, 0.25) is 0 Å². The van der Waals surface area contributed by atoms with Crippen molar-refractivity contribution >= 4 is 5.69 Å². The SMILES string of the molecule is CC(C)C1CCC(C)(c2ccc(Oc3ccccc3N)cc2)CC1. The molecule has 2 N–H and O–H groups in total. The van der Waals surface area contributed by atoms with Crippen molar-refractivity contribution in [1.82, 2.24) is 0 Å². The first-order chi connectivity index (χ1) is 11.5. The number of nitrogen functional groups attached to an aromatic ring is 1. The minimum Gasteiger partial charge on any atom is -0.455 e. The van der Waals surface area contributed by atoms with E-state index in [0.717, 1.165) is 17.6 Å². The first-order valence-electron chi connectivity index (χ1n) is 9.11. The van der Waals surface area contributed by atoms with Gasteiger partial charge in [0.25, 0.3) is 0 Å². The van der Waals surface area contributed by atoms with Crippen molar-refractivity contribution in [2.24, 2.45) is 11.8 Å². The summed E-state index contributed by atoms with van der Waals surface area (Å²) >= 11 is 0. The van der Waals surface area contributed by atoms with Gasteiger partial charge in [0.05, 0.1) is 5.69 Å². The molecule has 0 saturated heterocycles. The molecule has 0 unspecified atom stereocenters. The van der Waals surface area contributed by atoms with Crippen molar-refractivity contribution < 1.29 is 4.74 Å². The Morgan fingerprint density at radius 3 is 2.21 bits per heavy atom. The third kappa shape index (κ3) is 3.58. The predicted molar refractivity (Wildman–Crippen MR) is 102 cm³/mol. The lowest BCUT2D eigenvalue weighted by Crippen LogP contribution is -2.30. The van der Waals surface area contributed by atoms with Gasteiger partial charge in [0.1, 0.15) is 11.5 Å². The van der Waals surface area contributed by atoms with E-state index < -0.39 is 0 Å². The van der Waals surface area contributed by atoms with Crippen molar-refractivity contribution in [3.63, 3.8) is 0 Å². The summed E-state index contributed by atoms with van der Waals surface area (Å²) in [5, 5.41) is 0. The van der Waals surface area contributed by atoms with Gasteiger partial charge in [0.15, 0.2) is 0 Å². The quantitative estimate of drug-likeness (QED) is 0.683. The number of anilines is 1. The molecule has 0 bridgehead atoms. The summed E-state index contributed by atoms with van der Waals surface area (Å²) < 4.78 is 5.91. The molecule has 128 valence electrons. The summed E-state index contributed by atoms with van der Waals surface area (Å²) in [6.45, 7) is 7.12. The minimum absolute atomic E-state index is 0.301. The molecule has 0 aromatic heterocycles. The molecule has 3 rings (SSSR count). The average Bonchev–Trinajstić information content (AvgIpc) is 2.58. The van der Waals surface area contributed by atoms with Gasteiger partial charge < -0.3 is 10.5 Å². The molecule has 0 atom stereocenters. The van der Waals surface area contributed by atoms with E-state index in [2.05, 4.69) is 45.0 Å². The minimum atomic E-state index is 0.301. The highest BCUT2D eigenvalue weighted by Gasteiger charge is 2.33. The number of nitrogens with two attached hydrogens (primary N) is 1. The van der Waals surface area contributed by atoms with Crippen LogP contribution in [-0.4, -0.2) is 0 Å². The first kappa shape index (κ1) is 16.9. The number of hydrogen-bond acceptors (Lipinski definition) is 2. The van der Waals surface area contributed by atoms with Gasteiger partial charge in [0, 0.05) is 0 Å². The Morgan fingerprint density at radius 2 is 1.62 bits per heavy atom. The zero-order valence-electron chi connectivity index (χ0n) is 15.1. The fourth-order valence-corrected chi connectivity index (χ4v) is 3.86. The number of hydrogen-bond donors (Lipinski definition) is 1. The van der Waals surface area contributed by atoms with Gasteiger partial charge in [-0.05, 0) is 72.8 Å². The van der Waals surface area contributed by atoms with Crippen LogP contribution in [0, 0.1) is 11.8 Å². The predicted octanol–water partition coefficient (Wildman–Crippen LogP) is 6.17. The van der Waals surface area contributed by atoms with Gasteiger partial charge in [-0.1, -0.05) is 45.0 Å². The number of rotatable bonds is 4. The molecular weight excluding hydrogens is 294 g/mol. The van der Waals surface area contributed by atoms with E-state index in [1.54, 1.807) is 0 Å². The zero-order valence-corrected chi connectivity index (χ0v) is 15.1. The molecule has 2 heteroatoms. The summed E-state index contributed by atoms with van der Waals surface area (Å²) in [5.74, 6) is 3.26. The molecule has 1 aliphatic carbocycles. The van der Waals surface area contributed by atoms with Crippen LogP contribution in [0.4, 0.5) is 5.69 Å². The van der Waals surface area contributed by atoms with Crippen molar-refractivity contribution in [3.8, 4) is 11.5 Å². The van der Waals surface area contributed by atoms with E-state index in [1.807, 2.05) is 24.3 Å². The largest absolute Gasteiger partial charge is 0.455 e.